The molecule has 2 atom stereocenters. The van der Waals surface area contributed by atoms with Gasteiger partial charge >= 0.3 is 11.9 Å². The van der Waals surface area contributed by atoms with Crippen LogP contribution in [0, 0.1) is 0 Å². The number of Topliss-reactive ketones (excluding diaryl/α,β-unsaturated/α-hetero) is 1. The molecule has 0 saturated heterocycles. The standard InChI is InChI=1S/C36H37NO8/c1-6-43-32-19-25(13-15-30(32)45-22(3)38)34-33(36(40)44-20-23-10-8-7-9-11-23)21(2)37-27-16-26(17-28(39)35(27)34)24-12-14-29(41-4)31(18-24)42-5/h7-15,18-19,26,34,37H,6,16-17,20H2,1-5H3/t26-,34-/m0/s1. The molecule has 3 aromatic rings. The molecule has 5 rings (SSSR count). The summed E-state index contributed by atoms with van der Waals surface area (Å²) in [5.74, 6) is -0.149. The van der Waals surface area contributed by atoms with E-state index < -0.39 is 17.9 Å². The lowest BCUT2D eigenvalue weighted by Crippen LogP contribution is -2.36. The van der Waals surface area contributed by atoms with E-state index in [1.807, 2.05) is 62.4 Å². The van der Waals surface area contributed by atoms with E-state index in [-0.39, 0.29) is 30.5 Å². The third-order valence-corrected chi connectivity index (χ3v) is 7.99. The van der Waals surface area contributed by atoms with Crippen LogP contribution in [0.1, 0.15) is 62.1 Å². The number of carbonyl (C=O) groups excluding carboxylic acids is 3. The van der Waals surface area contributed by atoms with Crippen LogP contribution in [0.25, 0.3) is 0 Å². The van der Waals surface area contributed by atoms with Gasteiger partial charge in [-0.15, -0.1) is 0 Å². The van der Waals surface area contributed by atoms with E-state index in [0.29, 0.717) is 52.7 Å². The summed E-state index contributed by atoms with van der Waals surface area (Å²) in [5.41, 5.74) is 4.63. The fourth-order valence-electron chi connectivity index (χ4n) is 6.00. The van der Waals surface area contributed by atoms with Gasteiger partial charge in [0.1, 0.15) is 6.61 Å². The van der Waals surface area contributed by atoms with Crippen LogP contribution >= 0.6 is 0 Å². The van der Waals surface area contributed by atoms with Crippen molar-refractivity contribution in [2.45, 2.75) is 52.1 Å². The Morgan fingerprint density at radius 3 is 2.24 bits per heavy atom. The van der Waals surface area contributed by atoms with Gasteiger partial charge in [-0.25, -0.2) is 4.79 Å². The van der Waals surface area contributed by atoms with Gasteiger partial charge in [0.25, 0.3) is 0 Å². The van der Waals surface area contributed by atoms with E-state index >= 15 is 0 Å². The Morgan fingerprint density at radius 1 is 0.867 bits per heavy atom. The zero-order valence-corrected chi connectivity index (χ0v) is 26.1. The monoisotopic (exact) mass is 611 g/mol. The molecule has 0 fully saturated rings. The van der Waals surface area contributed by atoms with E-state index in [9.17, 15) is 14.4 Å². The Balaban J connectivity index is 1.56. The van der Waals surface area contributed by atoms with Crippen LogP contribution in [0.2, 0.25) is 0 Å². The maximum absolute atomic E-state index is 14.1. The van der Waals surface area contributed by atoms with E-state index in [0.717, 1.165) is 16.8 Å². The lowest BCUT2D eigenvalue weighted by atomic mass is 9.71. The Hall–Kier alpha value is -5.05. The third-order valence-electron chi connectivity index (χ3n) is 7.99. The quantitative estimate of drug-likeness (QED) is 0.214. The number of nitrogens with one attached hydrogen (secondary N) is 1. The highest BCUT2D eigenvalue weighted by Crippen LogP contribution is 2.47. The molecule has 0 radical (unpaired) electrons. The molecule has 0 spiro atoms. The summed E-state index contributed by atoms with van der Waals surface area (Å²) >= 11 is 0. The molecule has 1 aliphatic heterocycles. The summed E-state index contributed by atoms with van der Waals surface area (Å²) in [6.45, 7) is 5.36. The molecule has 2 aliphatic rings. The van der Waals surface area contributed by atoms with Gasteiger partial charge < -0.3 is 29.0 Å². The summed E-state index contributed by atoms with van der Waals surface area (Å²) in [7, 11) is 3.16. The van der Waals surface area contributed by atoms with Crippen LogP contribution in [-0.2, 0) is 25.7 Å². The molecule has 45 heavy (non-hydrogen) atoms. The van der Waals surface area contributed by atoms with Gasteiger partial charge in [0.15, 0.2) is 28.8 Å². The maximum atomic E-state index is 14.1. The zero-order valence-electron chi connectivity index (χ0n) is 26.1. The van der Waals surface area contributed by atoms with E-state index in [2.05, 4.69) is 5.32 Å². The molecule has 0 bridgehead atoms. The first kappa shape index (κ1) is 31.4. The van der Waals surface area contributed by atoms with Gasteiger partial charge in [-0.2, -0.15) is 0 Å². The van der Waals surface area contributed by atoms with Crippen LogP contribution in [-0.4, -0.2) is 38.5 Å². The number of esters is 2. The molecule has 1 aliphatic carbocycles. The van der Waals surface area contributed by atoms with Crippen molar-refractivity contribution in [2.75, 3.05) is 20.8 Å². The van der Waals surface area contributed by atoms with Crippen molar-refractivity contribution in [3.63, 3.8) is 0 Å². The van der Waals surface area contributed by atoms with Crippen molar-refractivity contribution in [1.29, 1.82) is 0 Å². The topological polar surface area (TPSA) is 109 Å². The number of hydrogen-bond donors (Lipinski definition) is 1. The predicted molar refractivity (Wildman–Crippen MR) is 167 cm³/mol. The van der Waals surface area contributed by atoms with Crippen molar-refractivity contribution in [1.82, 2.24) is 5.32 Å². The van der Waals surface area contributed by atoms with E-state index in [1.165, 1.54) is 6.92 Å². The number of rotatable bonds is 10. The first-order valence-corrected chi connectivity index (χ1v) is 14.9. The fraction of sp³-hybridized carbons (Fsp3) is 0.306. The molecule has 1 heterocycles. The fourth-order valence-corrected chi connectivity index (χ4v) is 6.00. The summed E-state index contributed by atoms with van der Waals surface area (Å²) in [6.07, 6.45) is 0.780. The van der Waals surface area contributed by atoms with Crippen molar-refractivity contribution in [3.05, 3.63) is 106 Å². The minimum Gasteiger partial charge on any atom is -0.493 e. The van der Waals surface area contributed by atoms with Gasteiger partial charge in [-0.3, -0.25) is 9.59 Å². The molecule has 9 heteroatoms. The first-order chi connectivity index (χ1) is 21.7. The number of ketones is 1. The number of hydrogen-bond acceptors (Lipinski definition) is 9. The summed E-state index contributed by atoms with van der Waals surface area (Å²) in [6, 6.07) is 20.2. The number of carbonyl (C=O) groups is 3. The molecule has 0 unspecified atom stereocenters. The van der Waals surface area contributed by atoms with Gasteiger partial charge in [0, 0.05) is 36.2 Å². The number of allylic oxidation sites excluding steroid dienone is 3. The largest absolute Gasteiger partial charge is 0.493 e. The second kappa shape index (κ2) is 13.7. The lowest BCUT2D eigenvalue weighted by Gasteiger charge is -2.37. The van der Waals surface area contributed by atoms with Crippen LogP contribution in [0.4, 0.5) is 0 Å². The van der Waals surface area contributed by atoms with Crippen molar-refractivity contribution < 1.29 is 38.1 Å². The van der Waals surface area contributed by atoms with Gasteiger partial charge in [-0.05, 0) is 67.1 Å². The average Bonchev–Trinajstić information content (AvgIpc) is 3.03. The molecule has 1 N–H and O–H groups in total. The Kier molecular flexibility index (Phi) is 9.56. The molecule has 3 aromatic carbocycles. The van der Waals surface area contributed by atoms with Crippen LogP contribution in [0.5, 0.6) is 23.0 Å². The number of dihydropyridines is 1. The van der Waals surface area contributed by atoms with Crippen molar-refractivity contribution in [2.24, 2.45) is 0 Å². The number of ether oxygens (including phenoxy) is 5. The summed E-state index contributed by atoms with van der Waals surface area (Å²) < 4.78 is 27.9. The molecule has 234 valence electrons. The normalized spacial score (nSPS) is 17.7. The molecular weight excluding hydrogens is 574 g/mol. The second-order valence-corrected chi connectivity index (χ2v) is 10.9. The average molecular weight is 612 g/mol. The first-order valence-electron chi connectivity index (χ1n) is 14.9. The maximum Gasteiger partial charge on any atom is 0.337 e. The molecule has 0 amide bonds. The summed E-state index contributed by atoms with van der Waals surface area (Å²) in [4.78, 5) is 39.7. The molecule has 9 nitrogen and oxygen atoms in total. The predicted octanol–water partition coefficient (Wildman–Crippen LogP) is 6.13. The van der Waals surface area contributed by atoms with E-state index in [4.69, 9.17) is 23.7 Å². The Bertz CT molecular complexity index is 1670. The molecular formula is C36H37NO8. The van der Waals surface area contributed by atoms with Crippen molar-refractivity contribution in [3.8, 4) is 23.0 Å². The third kappa shape index (κ3) is 6.72. The van der Waals surface area contributed by atoms with Gasteiger partial charge in [0.2, 0.25) is 0 Å². The van der Waals surface area contributed by atoms with Gasteiger partial charge in [0.05, 0.1) is 26.4 Å². The lowest BCUT2D eigenvalue weighted by molar-refractivity contribution is -0.140. The minimum absolute atomic E-state index is 0.0833. The van der Waals surface area contributed by atoms with Crippen LogP contribution in [0.15, 0.2) is 89.3 Å². The zero-order chi connectivity index (χ0) is 32.1. The minimum atomic E-state index is -0.728. The Morgan fingerprint density at radius 2 is 1.56 bits per heavy atom. The number of methoxy groups -OCH3 is 2. The van der Waals surface area contributed by atoms with Gasteiger partial charge in [-0.1, -0.05) is 42.5 Å². The highest BCUT2D eigenvalue weighted by atomic mass is 16.6. The highest BCUT2D eigenvalue weighted by molar-refractivity contribution is 6.04. The number of benzene rings is 3. The van der Waals surface area contributed by atoms with Crippen LogP contribution in [0.3, 0.4) is 0 Å². The SMILES string of the molecule is CCOc1cc([C@H]2C(C(=O)OCc3ccccc3)=C(C)NC3=C2C(=O)C[C@@H](c2ccc(OC)c(OC)c2)C3)ccc1OC(C)=O. The Labute approximate surface area is 262 Å². The van der Waals surface area contributed by atoms with Crippen LogP contribution < -0.4 is 24.3 Å². The molecule has 0 saturated carbocycles. The smallest absolute Gasteiger partial charge is 0.337 e. The molecule has 0 aromatic heterocycles. The van der Waals surface area contributed by atoms with E-state index in [1.54, 1.807) is 32.4 Å². The van der Waals surface area contributed by atoms with Crippen molar-refractivity contribution >= 4 is 17.7 Å². The summed E-state index contributed by atoms with van der Waals surface area (Å²) in [5, 5.41) is 3.39. The second-order valence-electron chi connectivity index (χ2n) is 10.9. The highest BCUT2D eigenvalue weighted by Gasteiger charge is 2.42.